The van der Waals surface area contributed by atoms with Crippen LogP contribution in [-0.2, 0) is 7.05 Å². The van der Waals surface area contributed by atoms with Gasteiger partial charge in [-0.25, -0.2) is 4.98 Å². The fraction of sp³-hybridized carbons (Fsp3) is 0.125. The smallest absolute Gasteiger partial charge is 0.0955 e. The van der Waals surface area contributed by atoms with Gasteiger partial charge in [-0.05, 0) is 6.08 Å². The topological polar surface area (TPSA) is 17.8 Å². The second kappa shape index (κ2) is 2.52. The third-order valence-electron chi connectivity index (χ3n) is 1.34. The summed E-state index contributed by atoms with van der Waals surface area (Å²) in [6.45, 7) is 7.34. The average molecular weight is 134 g/mol. The van der Waals surface area contributed by atoms with Crippen molar-refractivity contribution in [1.82, 2.24) is 9.55 Å². The van der Waals surface area contributed by atoms with E-state index in [0.717, 1.165) is 10.7 Å². The van der Waals surface area contributed by atoms with Crippen LogP contribution in [-0.4, -0.2) is 9.55 Å². The molecule has 0 unspecified atom stereocenters. The summed E-state index contributed by atoms with van der Waals surface area (Å²) in [6.07, 6.45) is 5.35. The zero-order valence-electron chi connectivity index (χ0n) is 6.04. The Morgan fingerprint density at radius 2 is 2.40 bits per heavy atom. The van der Waals surface area contributed by atoms with Gasteiger partial charge in [0.25, 0.3) is 0 Å². The molecule has 0 saturated heterocycles. The normalized spacial score (nSPS) is 11.9. The molecule has 1 rings (SSSR count). The summed E-state index contributed by atoms with van der Waals surface area (Å²) in [6, 6.07) is 0. The quantitative estimate of drug-likeness (QED) is 0.520. The summed E-state index contributed by atoms with van der Waals surface area (Å²) in [5.74, 6) is 0. The maximum absolute atomic E-state index is 4.01. The van der Waals surface area contributed by atoms with Gasteiger partial charge in [0.15, 0.2) is 0 Å². The van der Waals surface area contributed by atoms with E-state index in [-0.39, 0.29) is 0 Å². The Balaban J connectivity index is 3.51. The first kappa shape index (κ1) is 6.81. The van der Waals surface area contributed by atoms with Gasteiger partial charge in [-0.2, -0.15) is 0 Å². The van der Waals surface area contributed by atoms with Crippen LogP contribution in [0.4, 0.5) is 0 Å². The Morgan fingerprint density at radius 3 is 2.80 bits per heavy atom. The molecule has 0 N–H and O–H groups in total. The molecule has 0 spiro atoms. The van der Waals surface area contributed by atoms with E-state index < -0.39 is 0 Å². The summed E-state index contributed by atoms with van der Waals surface area (Å²) >= 11 is 0. The van der Waals surface area contributed by atoms with Crippen molar-refractivity contribution in [2.45, 2.75) is 0 Å². The first-order valence-corrected chi connectivity index (χ1v) is 3.04. The van der Waals surface area contributed by atoms with Crippen LogP contribution < -0.4 is 10.7 Å². The lowest BCUT2D eigenvalue weighted by Crippen LogP contribution is -2.26. The molecule has 0 amide bonds. The first-order valence-electron chi connectivity index (χ1n) is 3.04. The van der Waals surface area contributed by atoms with Crippen molar-refractivity contribution >= 4 is 12.7 Å². The molecule has 2 heteroatoms. The Hall–Kier alpha value is -1.31. The van der Waals surface area contributed by atoms with Crippen molar-refractivity contribution in [2.75, 3.05) is 0 Å². The summed E-state index contributed by atoms with van der Waals surface area (Å²) in [7, 11) is 1.93. The largest absolute Gasteiger partial charge is 0.334 e. The molecule has 1 aromatic heterocycles. The van der Waals surface area contributed by atoms with Gasteiger partial charge in [0.2, 0.25) is 0 Å². The van der Waals surface area contributed by atoms with E-state index in [1.807, 2.05) is 17.7 Å². The molecule has 0 aromatic carbocycles. The third kappa shape index (κ3) is 1.00. The molecule has 0 atom stereocenters. The first-order chi connectivity index (χ1) is 4.75. The highest BCUT2D eigenvalue weighted by Gasteiger charge is 1.85. The zero-order chi connectivity index (χ0) is 7.56. The van der Waals surface area contributed by atoms with Crippen LogP contribution in [0.2, 0.25) is 0 Å². The molecule has 0 saturated carbocycles. The number of imidazole rings is 1. The van der Waals surface area contributed by atoms with Crippen molar-refractivity contribution in [3.05, 3.63) is 29.7 Å². The Bertz CT molecular complexity index is 333. The van der Waals surface area contributed by atoms with Crippen molar-refractivity contribution < 1.29 is 0 Å². The summed E-state index contributed by atoms with van der Waals surface area (Å²) in [5, 5.41) is 1.80. The molecule has 52 valence electrons. The fourth-order valence-electron chi connectivity index (χ4n) is 0.814. The molecule has 0 aliphatic carbocycles. The number of rotatable bonds is 1. The number of aryl methyl sites for hydroxylation is 1. The molecule has 1 aromatic rings. The molecular weight excluding hydrogens is 124 g/mol. The number of hydrogen-bond donors (Lipinski definition) is 0. The number of allylic oxidation sites excluding steroid dienone is 1. The van der Waals surface area contributed by atoms with Gasteiger partial charge in [-0.1, -0.05) is 19.2 Å². The van der Waals surface area contributed by atoms with E-state index in [1.165, 1.54) is 0 Å². The lowest BCUT2D eigenvalue weighted by Gasteiger charge is -1.84. The minimum atomic E-state index is 0.794. The van der Waals surface area contributed by atoms with E-state index in [1.54, 1.807) is 12.4 Å². The van der Waals surface area contributed by atoms with Crippen LogP contribution in [0.1, 0.15) is 0 Å². The summed E-state index contributed by atoms with van der Waals surface area (Å²) in [4.78, 5) is 4.01. The third-order valence-corrected chi connectivity index (χ3v) is 1.34. The number of nitrogens with zero attached hydrogens (tertiary/aromatic N) is 2. The highest BCUT2D eigenvalue weighted by molar-refractivity contribution is 5.32. The highest BCUT2D eigenvalue weighted by Crippen LogP contribution is 1.65. The van der Waals surface area contributed by atoms with Gasteiger partial charge < -0.3 is 4.57 Å². The van der Waals surface area contributed by atoms with Gasteiger partial charge in [0.05, 0.1) is 17.0 Å². The minimum absolute atomic E-state index is 0.794. The monoisotopic (exact) mass is 134 g/mol. The molecule has 1 heterocycles. The van der Waals surface area contributed by atoms with Crippen LogP contribution in [0.3, 0.4) is 0 Å². The van der Waals surface area contributed by atoms with Gasteiger partial charge in [0.1, 0.15) is 0 Å². The molecule has 0 fully saturated rings. The van der Waals surface area contributed by atoms with Crippen molar-refractivity contribution in [2.24, 2.45) is 7.05 Å². The fourth-order valence-corrected chi connectivity index (χ4v) is 0.814. The Labute approximate surface area is 59.8 Å². The Morgan fingerprint density at radius 1 is 1.70 bits per heavy atom. The summed E-state index contributed by atoms with van der Waals surface area (Å²) in [5.41, 5.74) is 0. The molecule has 2 nitrogen and oxygen atoms in total. The summed E-state index contributed by atoms with van der Waals surface area (Å²) < 4.78 is 1.91. The predicted molar refractivity (Wildman–Crippen MR) is 42.6 cm³/mol. The number of hydrogen-bond acceptors (Lipinski definition) is 1. The van der Waals surface area contributed by atoms with Crippen molar-refractivity contribution in [1.29, 1.82) is 0 Å². The second-order valence-corrected chi connectivity index (χ2v) is 2.09. The maximum atomic E-state index is 4.01. The van der Waals surface area contributed by atoms with E-state index in [4.69, 9.17) is 0 Å². The Kier molecular flexibility index (Phi) is 1.71. The molecular formula is C8H10N2. The second-order valence-electron chi connectivity index (χ2n) is 2.09. The predicted octanol–water partition coefficient (Wildman–Crippen LogP) is -0.203. The van der Waals surface area contributed by atoms with Crippen LogP contribution in [0.5, 0.6) is 0 Å². The van der Waals surface area contributed by atoms with E-state index in [2.05, 4.69) is 18.1 Å². The molecule has 0 aliphatic heterocycles. The van der Waals surface area contributed by atoms with Crippen LogP contribution in [0.15, 0.2) is 19.0 Å². The van der Waals surface area contributed by atoms with E-state index in [0.29, 0.717) is 0 Å². The van der Waals surface area contributed by atoms with Crippen LogP contribution in [0.25, 0.3) is 12.7 Å². The van der Waals surface area contributed by atoms with E-state index in [9.17, 15) is 0 Å². The van der Waals surface area contributed by atoms with Gasteiger partial charge in [-0.3, -0.25) is 0 Å². The molecule has 10 heavy (non-hydrogen) atoms. The molecule has 0 aliphatic rings. The van der Waals surface area contributed by atoms with Gasteiger partial charge in [-0.15, -0.1) is 0 Å². The number of aromatic nitrogens is 2. The lowest BCUT2D eigenvalue weighted by molar-refractivity contribution is 0.881. The lowest BCUT2D eigenvalue weighted by atomic mass is 10.5. The van der Waals surface area contributed by atoms with E-state index >= 15 is 0 Å². The van der Waals surface area contributed by atoms with Gasteiger partial charge >= 0.3 is 0 Å². The standard InChI is InChI=1S/C8H10N2/c1-4-5-8-7(2)9-6-10(8)3/h4-6H,1-2H2,3H3/b8-5+. The van der Waals surface area contributed by atoms with Crippen LogP contribution >= 0.6 is 0 Å². The van der Waals surface area contributed by atoms with Crippen molar-refractivity contribution in [3.8, 4) is 0 Å². The highest BCUT2D eigenvalue weighted by atomic mass is 15.0. The average Bonchev–Trinajstić information content (AvgIpc) is 2.20. The van der Waals surface area contributed by atoms with Crippen LogP contribution in [0, 0.1) is 0 Å². The van der Waals surface area contributed by atoms with Crippen molar-refractivity contribution in [3.63, 3.8) is 0 Å². The molecule has 0 bridgehead atoms. The zero-order valence-corrected chi connectivity index (χ0v) is 6.04. The SMILES string of the molecule is C=C/C=c1\c(=C)ncn1C. The maximum Gasteiger partial charge on any atom is 0.0955 e. The minimum Gasteiger partial charge on any atom is -0.334 e. The molecule has 0 radical (unpaired) electrons. The van der Waals surface area contributed by atoms with Gasteiger partial charge in [0, 0.05) is 7.05 Å².